The number of hydrogen-bond acceptors (Lipinski definition) is 6. The predicted octanol–water partition coefficient (Wildman–Crippen LogP) is 1.43. The summed E-state index contributed by atoms with van der Waals surface area (Å²) in [4.78, 5) is 19.7. The molecule has 1 N–H and O–H groups in total. The zero-order valence-corrected chi connectivity index (χ0v) is 9.92. The molecule has 0 spiro atoms. The van der Waals surface area contributed by atoms with Gasteiger partial charge in [-0.25, -0.2) is 0 Å². The largest absolute Gasteiger partial charge is 0.322 e. The van der Waals surface area contributed by atoms with E-state index in [9.17, 15) is 20.2 Å². The maximum Gasteiger partial charge on any atom is 0.322 e. The van der Waals surface area contributed by atoms with Gasteiger partial charge in [-0.05, 0) is 0 Å². The Hall–Kier alpha value is -1.55. The van der Waals surface area contributed by atoms with Gasteiger partial charge in [0, 0.05) is 28.4 Å². The van der Waals surface area contributed by atoms with Gasteiger partial charge in [-0.15, -0.1) is 5.10 Å². The molecule has 0 aliphatic carbocycles. The molecule has 0 unspecified atom stereocenters. The van der Waals surface area contributed by atoms with Crippen molar-refractivity contribution in [1.82, 2.24) is 15.4 Å². The number of fused-ring (bicyclic) bond motifs is 1. The van der Waals surface area contributed by atoms with Crippen molar-refractivity contribution in [3.05, 3.63) is 31.3 Å². The van der Waals surface area contributed by atoms with E-state index in [0.29, 0.717) is 0 Å². The normalized spacial score (nSPS) is 9.94. The Morgan fingerprint density at radius 1 is 1.29 bits per heavy atom. The fourth-order valence-electron chi connectivity index (χ4n) is 1.24. The Morgan fingerprint density at radius 2 is 1.94 bits per heavy atom. The van der Waals surface area contributed by atoms with Crippen molar-refractivity contribution in [1.29, 1.82) is 0 Å². The van der Waals surface area contributed by atoms with Crippen LogP contribution in [0.4, 0.5) is 11.4 Å². The molecule has 0 amide bonds. The molecule has 0 aliphatic heterocycles. The predicted molar refractivity (Wildman–Crippen MR) is 52.2 cm³/mol. The summed E-state index contributed by atoms with van der Waals surface area (Å²) in [6.07, 6.45) is 0. The van der Waals surface area contributed by atoms with E-state index in [1.165, 1.54) is 0 Å². The first-order valence-corrected chi connectivity index (χ1v) is 4.22. The van der Waals surface area contributed by atoms with Crippen LogP contribution in [-0.4, -0.2) is 25.3 Å². The maximum atomic E-state index is 10.7. The molecule has 0 fully saturated rings. The van der Waals surface area contributed by atoms with E-state index in [0.717, 1.165) is 6.07 Å². The van der Waals surface area contributed by atoms with Gasteiger partial charge in [0.2, 0.25) is 0 Å². The Kier molecular flexibility index (Phi) is 3.78. The molecule has 1 aromatic carbocycles. The fraction of sp³-hybridized carbons (Fsp3) is 0. The molecular weight excluding hydrogens is 349 g/mol. The maximum absolute atomic E-state index is 10.7. The number of nitro groups is 2. The van der Waals surface area contributed by atoms with Crippen molar-refractivity contribution in [3.63, 3.8) is 0 Å². The summed E-state index contributed by atoms with van der Waals surface area (Å²) >= 11 is 5.58. The Bertz CT molecular complexity index is 614. The number of benzene rings is 1. The molecule has 2 aromatic rings. The summed E-state index contributed by atoms with van der Waals surface area (Å²) < 4.78 is 0. The van der Waals surface area contributed by atoms with Gasteiger partial charge in [-0.2, -0.15) is 0 Å². The molecular formula is C6H2AgClN5O4. The molecule has 11 heteroatoms. The summed E-state index contributed by atoms with van der Waals surface area (Å²) in [6, 6.07) is 1.02. The Balaban J connectivity index is 0.00000144. The second kappa shape index (κ2) is 4.75. The summed E-state index contributed by atoms with van der Waals surface area (Å²) in [7, 11) is 0. The van der Waals surface area contributed by atoms with Gasteiger partial charge in [-0.1, -0.05) is 16.8 Å². The smallest absolute Gasteiger partial charge is 0.258 e. The zero-order valence-electron chi connectivity index (χ0n) is 7.68. The molecule has 0 saturated carbocycles. The minimum absolute atomic E-state index is 0. The molecule has 0 atom stereocenters. The van der Waals surface area contributed by atoms with E-state index < -0.39 is 26.2 Å². The fourth-order valence-corrected chi connectivity index (χ4v) is 1.53. The van der Waals surface area contributed by atoms with Gasteiger partial charge in [0.1, 0.15) is 5.52 Å². The van der Waals surface area contributed by atoms with E-state index in [1.807, 2.05) is 0 Å². The van der Waals surface area contributed by atoms with E-state index in [-0.39, 0.29) is 33.4 Å². The zero-order chi connectivity index (χ0) is 11.9. The van der Waals surface area contributed by atoms with Crippen LogP contribution in [0.3, 0.4) is 0 Å². The molecule has 1 radical (unpaired) electrons. The second-order valence-electron chi connectivity index (χ2n) is 2.78. The number of aromatic nitrogens is 3. The summed E-state index contributed by atoms with van der Waals surface area (Å²) in [5.41, 5.74) is -1.20. The van der Waals surface area contributed by atoms with Crippen molar-refractivity contribution >= 4 is 34.0 Å². The minimum Gasteiger partial charge on any atom is -0.258 e. The second-order valence-corrected chi connectivity index (χ2v) is 3.16. The first-order chi connectivity index (χ1) is 7.52. The van der Waals surface area contributed by atoms with Gasteiger partial charge < -0.3 is 0 Å². The monoisotopic (exact) mass is 350 g/mol. The standard InChI is InChI=1S/C6H2ClN5O4.Ag/c7-4-3(11(13)14)1-2-5(9-10-8-2)6(4)12(15)16;/h1H,(H,8,9,10);. The molecule has 9 nitrogen and oxygen atoms in total. The van der Waals surface area contributed by atoms with Crippen LogP contribution in [0.1, 0.15) is 0 Å². The topological polar surface area (TPSA) is 128 Å². The molecule has 17 heavy (non-hydrogen) atoms. The molecule has 93 valence electrons. The van der Waals surface area contributed by atoms with E-state index in [2.05, 4.69) is 15.4 Å². The number of H-pyrrole nitrogens is 1. The third-order valence-corrected chi connectivity index (χ3v) is 2.27. The van der Waals surface area contributed by atoms with Gasteiger partial charge >= 0.3 is 5.69 Å². The number of nitrogens with zero attached hydrogens (tertiary/aromatic N) is 4. The first kappa shape index (κ1) is 13.5. The average Bonchev–Trinajstić information content (AvgIpc) is 2.62. The summed E-state index contributed by atoms with van der Waals surface area (Å²) in [6.45, 7) is 0. The number of rotatable bonds is 2. The van der Waals surface area contributed by atoms with Crippen LogP contribution in [0, 0.1) is 20.2 Å². The van der Waals surface area contributed by atoms with Crippen molar-refractivity contribution in [2.75, 3.05) is 0 Å². The van der Waals surface area contributed by atoms with Crippen LogP contribution < -0.4 is 0 Å². The van der Waals surface area contributed by atoms with Crippen molar-refractivity contribution < 1.29 is 32.2 Å². The van der Waals surface area contributed by atoms with Crippen LogP contribution in [0.25, 0.3) is 11.0 Å². The van der Waals surface area contributed by atoms with Crippen molar-refractivity contribution in [3.8, 4) is 0 Å². The van der Waals surface area contributed by atoms with E-state index in [1.54, 1.807) is 0 Å². The quantitative estimate of drug-likeness (QED) is 0.495. The molecule has 0 aliphatic rings. The molecule has 1 heterocycles. The van der Waals surface area contributed by atoms with Gasteiger partial charge in [-0.3, -0.25) is 25.3 Å². The first-order valence-electron chi connectivity index (χ1n) is 3.84. The summed E-state index contributed by atoms with van der Waals surface area (Å²) in [5.74, 6) is 0. The van der Waals surface area contributed by atoms with Gasteiger partial charge in [0.05, 0.1) is 9.85 Å². The Morgan fingerprint density at radius 3 is 2.47 bits per heavy atom. The Labute approximate surface area is 113 Å². The van der Waals surface area contributed by atoms with Gasteiger partial charge in [0.15, 0.2) is 10.5 Å². The molecule has 0 bridgehead atoms. The molecule has 2 rings (SSSR count). The van der Waals surface area contributed by atoms with Crippen LogP contribution in [0.5, 0.6) is 0 Å². The summed E-state index contributed by atoms with van der Waals surface area (Å²) in [5, 5.41) is 29.9. The van der Waals surface area contributed by atoms with Crippen molar-refractivity contribution in [2.24, 2.45) is 0 Å². The van der Waals surface area contributed by atoms with Crippen molar-refractivity contribution in [2.45, 2.75) is 0 Å². The number of nitro benzene ring substituents is 2. The van der Waals surface area contributed by atoms with E-state index >= 15 is 0 Å². The number of aromatic amines is 1. The van der Waals surface area contributed by atoms with E-state index in [4.69, 9.17) is 11.6 Å². The van der Waals surface area contributed by atoms with Crippen LogP contribution in [-0.2, 0) is 22.4 Å². The third-order valence-electron chi connectivity index (χ3n) is 1.90. The number of halogens is 1. The number of hydrogen-bond donors (Lipinski definition) is 1. The van der Waals surface area contributed by atoms with Crippen LogP contribution >= 0.6 is 11.6 Å². The SMILES string of the molecule is O=[N+]([O-])c1cc2nn[nH]c2c([N+](=O)[O-])c1Cl.[Ag]. The third kappa shape index (κ3) is 2.13. The minimum atomic E-state index is -0.822. The van der Waals surface area contributed by atoms with Gasteiger partial charge in [0.25, 0.3) is 5.69 Å². The van der Waals surface area contributed by atoms with Crippen LogP contribution in [0.15, 0.2) is 6.07 Å². The van der Waals surface area contributed by atoms with Crippen LogP contribution in [0.2, 0.25) is 5.02 Å². The average molecular weight is 351 g/mol. The number of nitrogens with one attached hydrogen (secondary N) is 1. The molecule has 0 saturated heterocycles. The molecule has 1 aromatic heterocycles.